The van der Waals surface area contributed by atoms with Crippen molar-refractivity contribution in [2.75, 3.05) is 12.9 Å². The summed E-state index contributed by atoms with van der Waals surface area (Å²) < 4.78 is 6.37. The molecule has 0 bridgehead atoms. The highest BCUT2D eigenvalue weighted by atomic mass is 32.2. The number of aromatic nitrogens is 3. The quantitative estimate of drug-likeness (QED) is 0.490. The Morgan fingerprint density at radius 2 is 2.19 bits per heavy atom. The smallest absolute Gasteiger partial charge is 0.339 e. The van der Waals surface area contributed by atoms with E-state index in [1.165, 1.54) is 11.8 Å². The molecular formula is C13H13N3O4S. The standard InChI is InChI=1S/C13H13N3O4S/c1-16-13(14-11(18)12(19)15-16)21-7-10(17)8-4-3-5-9(6-8)20-2/h3-6H,7H2,1-2H3,(H,15,19). The third kappa shape index (κ3) is 3.60. The average molecular weight is 307 g/mol. The Morgan fingerprint density at radius 1 is 1.43 bits per heavy atom. The van der Waals surface area contributed by atoms with Gasteiger partial charge in [-0.25, -0.2) is 0 Å². The van der Waals surface area contributed by atoms with E-state index >= 15 is 0 Å². The van der Waals surface area contributed by atoms with Crippen molar-refractivity contribution in [3.8, 4) is 5.75 Å². The van der Waals surface area contributed by atoms with Crippen molar-refractivity contribution in [1.29, 1.82) is 0 Å². The van der Waals surface area contributed by atoms with Gasteiger partial charge in [-0.15, -0.1) is 0 Å². The number of nitrogens with zero attached hydrogens (tertiary/aromatic N) is 2. The largest absolute Gasteiger partial charge is 0.497 e. The number of carbonyl (C=O) groups excluding carboxylic acids is 1. The topological polar surface area (TPSA) is 94.1 Å². The number of aromatic amines is 1. The first kappa shape index (κ1) is 15.0. The van der Waals surface area contributed by atoms with Crippen LogP contribution in [-0.4, -0.2) is 33.4 Å². The first-order valence-corrected chi connectivity index (χ1v) is 6.97. The monoisotopic (exact) mass is 307 g/mol. The number of H-pyrrole nitrogens is 1. The molecule has 2 rings (SSSR count). The van der Waals surface area contributed by atoms with Crippen LogP contribution >= 0.6 is 11.8 Å². The van der Waals surface area contributed by atoms with Crippen molar-refractivity contribution in [2.45, 2.75) is 5.16 Å². The molecule has 1 heterocycles. The lowest BCUT2D eigenvalue weighted by molar-refractivity contribution is 0.102. The van der Waals surface area contributed by atoms with Crippen molar-refractivity contribution < 1.29 is 9.53 Å². The lowest BCUT2D eigenvalue weighted by Crippen LogP contribution is -2.34. The number of benzene rings is 1. The van der Waals surface area contributed by atoms with Crippen LogP contribution in [0, 0.1) is 0 Å². The number of nitrogens with one attached hydrogen (secondary N) is 1. The molecule has 0 aliphatic rings. The van der Waals surface area contributed by atoms with E-state index < -0.39 is 11.1 Å². The zero-order chi connectivity index (χ0) is 15.4. The molecule has 0 amide bonds. The lowest BCUT2D eigenvalue weighted by atomic mass is 10.1. The number of thioether (sulfide) groups is 1. The second-order valence-electron chi connectivity index (χ2n) is 4.14. The Bertz CT molecular complexity index is 781. The Hall–Kier alpha value is -2.35. The number of ether oxygens (including phenoxy) is 1. The van der Waals surface area contributed by atoms with Crippen LogP contribution in [0.25, 0.3) is 0 Å². The van der Waals surface area contributed by atoms with Crippen LogP contribution in [-0.2, 0) is 7.05 Å². The summed E-state index contributed by atoms with van der Waals surface area (Å²) in [7, 11) is 3.07. The zero-order valence-corrected chi connectivity index (χ0v) is 12.3. The molecule has 1 aromatic heterocycles. The number of aryl methyl sites for hydroxylation is 1. The number of carbonyl (C=O) groups is 1. The van der Waals surface area contributed by atoms with Gasteiger partial charge in [-0.05, 0) is 12.1 Å². The van der Waals surface area contributed by atoms with E-state index in [2.05, 4.69) is 10.1 Å². The number of hydrogen-bond acceptors (Lipinski definition) is 6. The van der Waals surface area contributed by atoms with E-state index in [-0.39, 0.29) is 16.7 Å². The minimum Gasteiger partial charge on any atom is -0.497 e. The van der Waals surface area contributed by atoms with Crippen LogP contribution < -0.4 is 15.9 Å². The molecule has 0 saturated heterocycles. The molecule has 0 atom stereocenters. The first-order chi connectivity index (χ1) is 10.0. The fraction of sp³-hybridized carbons (Fsp3) is 0.231. The number of rotatable bonds is 5. The summed E-state index contributed by atoms with van der Waals surface area (Å²) in [5.41, 5.74) is -1.15. The van der Waals surface area contributed by atoms with E-state index in [0.717, 1.165) is 11.8 Å². The highest BCUT2D eigenvalue weighted by Gasteiger charge is 2.11. The minimum atomic E-state index is -0.871. The minimum absolute atomic E-state index is 0.0967. The summed E-state index contributed by atoms with van der Waals surface area (Å²) in [5, 5.41) is 2.60. The molecule has 8 heteroatoms. The fourth-order valence-corrected chi connectivity index (χ4v) is 2.41. The molecule has 0 spiro atoms. The van der Waals surface area contributed by atoms with Gasteiger partial charge < -0.3 is 4.74 Å². The fourth-order valence-electron chi connectivity index (χ4n) is 1.60. The van der Waals surface area contributed by atoms with Crippen LogP contribution in [0.5, 0.6) is 5.75 Å². The second kappa shape index (κ2) is 6.40. The molecular weight excluding hydrogens is 294 g/mol. The Labute approximate surface area is 124 Å². The molecule has 7 nitrogen and oxygen atoms in total. The van der Waals surface area contributed by atoms with Gasteiger partial charge in [0.15, 0.2) is 10.9 Å². The van der Waals surface area contributed by atoms with Gasteiger partial charge in [0.25, 0.3) is 0 Å². The molecule has 1 aromatic carbocycles. The van der Waals surface area contributed by atoms with Gasteiger partial charge in [0.2, 0.25) is 0 Å². The number of Topliss-reactive ketones (excluding diaryl/α,β-unsaturated/α-hetero) is 1. The van der Waals surface area contributed by atoms with Gasteiger partial charge >= 0.3 is 11.1 Å². The second-order valence-corrected chi connectivity index (χ2v) is 5.09. The predicted molar refractivity (Wildman–Crippen MR) is 78.1 cm³/mol. The van der Waals surface area contributed by atoms with Crippen LogP contribution in [0.4, 0.5) is 0 Å². The van der Waals surface area contributed by atoms with Crippen molar-refractivity contribution >= 4 is 17.5 Å². The van der Waals surface area contributed by atoms with Crippen molar-refractivity contribution in [3.63, 3.8) is 0 Å². The molecule has 0 aliphatic carbocycles. The number of methoxy groups -OCH3 is 1. The highest BCUT2D eigenvalue weighted by molar-refractivity contribution is 7.99. The van der Waals surface area contributed by atoms with E-state index in [4.69, 9.17) is 4.74 Å². The normalized spacial score (nSPS) is 10.4. The third-order valence-electron chi connectivity index (χ3n) is 2.67. The summed E-state index contributed by atoms with van der Waals surface area (Å²) in [6.07, 6.45) is 0. The highest BCUT2D eigenvalue weighted by Crippen LogP contribution is 2.17. The van der Waals surface area contributed by atoms with Gasteiger partial charge in [0.1, 0.15) is 5.75 Å². The summed E-state index contributed by atoms with van der Waals surface area (Å²) in [6.45, 7) is 0. The summed E-state index contributed by atoms with van der Waals surface area (Å²) in [5.74, 6) is 0.569. The zero-order valence-electron chi connectivity index (χ0n) is 11.5. The summed E-state index contributed by atoms with van der Waals surface area (Å²) in [6, 6.07) is 6.80. The lowest BCUT2D eigenvalue weighted by Gasteiger charge is -2.06. The Kier molecular flexibility index (Phi) is 4.59. The van der Waals surface area contributed by atoms with Gasteiger partial charge in [-0.3, -0.25) is 24.2 Å². The molecule has 0 unspecified atom stereocenters. The summed E-state index contributed by atoms with van der Waals surface area (Å²) >= 11 is 1.08. The summed E-state index contributed by atoms with van der Waals surface area (Å²) in [4.78, 5) is 38.0. The molecule has 110 valence electrons. The molecule has 2 aromatic rings. The van der Waals surface area contributed by atoms with Crippen LogP contribution in [0.3, 0.4) is 0 Å². The van der Waals surface area contributed by atoms with Crippen molar-refractivity contribution in [2.24, 2.45) is 7.05 Å². The van der Waals surface area contributed by atoms with E-state index in [0.29, 0.717) is 11.3 Å². The van der Waals surface area contributed by atoms with Crippen LogP contribution in [0.2, 0.25) is 0 Å². The van der Waals surface area contributed by atoms with Gasteiger partial charge in [0.05, 0.1) is 12.9 Å². The molecule has 0 saturated carbocycles. The molecule has 21 heavy (non-hydrogen) atoms. The average Bonchev–Trinajstić information content (AvgIpc) is 2.49. The Balaban J connectivity index is 2.12. The maximum atomic E-state index is 12.1. The van der Waals surface area contributed by atoms with Crippen molar-refractivity contribution in [3.05, 3.63) is 50.5 Å². The number of ketones is 1. The predicted octanol–water partition coefficient (Wildman–Crippen LogP) is 0.452. The maximum Gasteiger partial charge on any atom is 0.339 e. The van der Waals surface area contributed by atoms with E-state index in [1.54, 1.807) is 31.3 Å². The van der Waals surface area contributed by atoms with Crippen LogP contribution in [0.1, 0.15) is 10.4 Å². The Morgan fingerprint density at radius 3 is 2.90 bits per heavy atom. The van der Waals surface area contributed by atoms with Crippen molar-refractivity contribution in [1.82, 2.24) is 14.8 Å². The number of hydrogen-bond donors (Lipinski definition) is 1. The molecule has 1 N–H and O–H groups in total. The van der Waals surface area contributed by atoms with Gasteiger partial charge in [-0.1, -0.05) is 23.9 Å². The van der Waals surface area contributed by atoms with Gasteiger partial charge in [-0.2, -0.15) is 4.98 Å². The van der Waals surface area contributed by atoms with Gasteiger partial charge in [0, 0.05) is 12.6 Å². The van der Waals surface area contributed by atoms with E-state index in [9.17, 15) is 14.4 Å². The maximum absolute atomic E-state index is 12.1. The van der Waals surface area contributed by atoms with E-state index in [1.807, 2.05) is 0 Å². The molecule has 0 radical (unpaired) electrons. The van der Waals surface area contributed by atoms with Crippen LogP contribution in [0.15, 0.2) is 39.0 Å². The third-order valence-corrected chi connectivity index (χ3v) is 3.70. The molecule has 0 aliphatic heterocycles. The first-order valence-electron chi connectivity index (χ1n) is 5.98. The molecule has 0 fully saturated rings. The SMILES string of the molecule is COc1cccc(C(=O)CSc2nc(=O)c(=O)[nH]n2C)c1.